The van der Waals surface area contributed by atoms with Crippen LogP contribution in [0.1, 0.15) is 200 Å². The highest BCUT2D eigenvalue weighted by Gasteiger charge is 2.53. The summed E-state index contributed by atoms with van der Waals surface area (Å²) < 4.78 is 34.2. The van der Waals surface area contributed by atoms with Crippen molar-refractivity contribution in [3.05, 3.63) is 48.6 Å². The molecule has 3 rings (SSSR count). The van der Waals surface area contributed by atoms with Crippen LogP contribution >= 0.6 is 0 Å². The molecule has 0 aromatic heterocycles. The minimum atomic E-state index is -1.98. The summed E-state index contributed by atoms with van der Waals surface area (Å²) in [6.07, 6.45) is 22.3. The molecule has 1 amide bonds. The molecule has 0 aromatic rings. The molecule has 3 aliphatic heterocycles. The zero-order valence-electron chi connectivity index (χ0n) is 48.5. The third-order valence-corrected chi connectivity index (χ3v) is 15.3. The van der Waals surface area contributed by atoms with E-state index in [0.717, 1.165) is 64.2 Å². The topological polar surface area (TPSA) is 307 Å². The molecule has 3 saturated heterocycles. The number of hydrogen-bond donors (Lipinski definition) is 12. The van der Waals surface area contributed by atoms with Crippen molar-refractivity contribution >= 4 is 5.91 Å². The minimum Gasteiger partial charge on any atom is -0.394 e. The molecule has 19 nitrogen and oxygen atoms in total. The van der Waals surface area contributed by atoms with Crippen LogP contribution in [0.4, 0.5) is 0 Å². The molecule has 3 heterocycles. The van der Waals surface area contributed by atoms with Gasteiger partial charge < -0.3 is 89.9 Å². The van der Waals surface area contributed by atoms with Gasteiger partial charge >= 0.3 is 0 Å². The van der Waals surface area contributed by atoms with Gasteiger partial charge in [0.05, 0.1) is 38.6 Å². The van der Waals surface area contributed by atoms with E-state index in [1.165, 1.54) is 103 Å². The third-order valence-electron chi connectivity index (χ3n) is 15.3. The van der Waals surface area contributed by atoms with E-state index < -0.39 is 124 Å². The average Bonchev–Trinajstić information content (AvgIpc) is 3.50. The van der Waals surface area contributed by atoms with E-state index in [4.69, 9.17) is 28.4 Å². The van der Waals surface area contributed by atoms with E-state index in [2.05, 4.69) is 55.6 Å². The summed E-state index contributed by atoms with van der Waals surface area (Å²) in [7, 11) is 0. The van der Waals surface area contributed by atoms with E-state index in [-0.39, 0.29) is 18.9 Å². The standard InChI is InChI=1S/C61H109NO18/c1-3-5-7-9-11-13-15-17-19-21-22-23-24-26-28-30-32-34-36-38-45(66)44(62-49(67)39-37-35-33-31-29-27-25-20-18-16-14-12-10-8-6-4-2)43-75-59-55(73)52(70)57(47(41-64)77-59)80-61-56(74)53(71)58(48(42-65)78-61)79-60-54(72)51(69)50(68)46(40-63)76-60/h20,22-23,25,28,30,36,38,44-48,50-61,63-66,68-74H,3-19,21,24,26-27,29,31-35,37,39-43H2,1-2H3,(H,62,67)/b23-22+,25-20-,30-28+,38-36+. The summed E-state index contributed by atoms with van der Waals surface area (Å²) in [5.74, 6) is -0.299. The minimum absolute atomic E-state index is 0.221. The first kappa shape index (κ1) is 72.0. The number of carbonyl (C=O) groups is 1. The highest BCUT2D eigenvalue weighted by molar-refractivity contribution is 5.76. The van der Waals surface area contributed by atoms with E-state index in [1.807, 2.05) is 6.08 Å². The van der Waals surface area contributed by atoms with Crippen LogP contribution in [0, 0.1) is 0 Å². The highest BCUT2D eigenvalue weighted by Crippen LogP contribution is 2.33. The van der Waals surface area contributed by atoms with Crippen LogP contribution in [0.3, 0.4) is 0 Å². The maximum absolute atomic E-state index is 13.3. The number of ether oxygens (including phenoxy) is 6. The number of nitrogens with one attached hydrogen (secondary N) is 1. The fourth-order valence-corrected chi connectivity index (χ4v) is 10.2. The van der Waals surface area contributed by atoms with Crippen molar-refractivity contribution in [3.63, 3.8) is 0 Å². The Morgan fingerprint density at radius 2 is 0.800 bits per heavy atom. The van der Waals surface area contributed by atoms with E-state index in [0.29, 0.717) is 12.8 Å². The lowest BCUT2D eigenvalue weighted by Crippen LogP contribution is -2.66. The lowest BCUT2D eigenvalue weighted by atomic mass is 9.96. The van der Waals surface area contributed by atoms with Crippen LogP contribution in [0.5, 0.6) is 0 Å². The molecule has 0 aromatic carbocycles. The second kappa shape index (κ2) is 44.3. The lowest BCUT2D eigenvalue weighted by molar-refractivity contribution is -0.379. The lowest BCUT2D eigenvalue weighted by Gasteiger charge is -2.48. The van der Waals surface area contributed by atoms with E-state index in [9.17, 15) is 61.0 Å². The second-order valence-electron chi connectivity index (χ2n) is 22.1. The van der Waals surface area contributed by atoms with Crippen molar-refractivity contribution in [2.24, 2.45) is 0 Å². The number of aliphatic hydroxyl groups is 11. The number of hydrogen-bond acceptors (Lipinski definition) is 18. The van der Waals surface area contributed by atoms with Crippen molar-refractivity contribution < 1.29 is 89.4 Å². The smallest absolute Gasteiger partial charge is 0.220 e. The Kier molecular flexibility index (Phi) is 39.8. The molecule has 0 radical (unpaired) electrons. The van der Waals surface area contributed by atoms with Gasteiger partial charge in [-0.25, -0.2) is 0 Å². The van der Waals surface area contributed by atoms with Gasteiger partial charge in [0.1, 0.15) is 73.2 Å². The Morgan fingerprint density at radius 3 is 1.25 bits per heavy atom. The van der Waals surface area contributed by atoms with Crippen LogP contribution < -0.4 is 5.32 Å². The zero-order chi connectivity index (χ0) is 58.3. The summed E-state index contributed by atoms with van der Waals surface area (Å²) in [4.78, 5) is 13.3. The van der Waals surface area contributed by atoms with Crippen molar-refractivity contribution in [1.82, 2.24) is 5.32 Å². The van der Waals surface area contributed by atoms with Gasteiger partial charge in [0, 0.05) is 6.42 Å². The zero-order valence-corrected chi connectivity index (χ0v) is 48.5. The molecule has 0 aliphatic carbocycles. The molecule has 0 spiro atoms. The van der Waals surface area contributed by atoms with Gasteiger partial charge in [-0.3, -0.25) is 4.79 Å². The Labute approximate surface area is 478 Å². The molecule has 466 valence electrons. The second-order valence-corrected chi connectivity index (χ2v) is 22.1. The summed E-state index contributed by atoms with van der Waals surface area (Å²) in [6.45, 7) is 1.68. The van der Waals surface area contributed by atoms with Gasteiger partial charge in [-0.05, 0) is 70.6 Å². The molecule has 17 atom stereocenters. The molecular weight excluding hydrogens is 1030 g/mol. The molecule has 0 bridgehead atoms. The Bertz CT molecular complexity index is 1650. The average molecular weight is 1140 g/mol. The van der Waals surface area contributed by atoms with Crippen LogP contribution in [0.2, 0.25) is 0 Å². The number of amides is 1. The van der Waals surface area contributed by atoms with Gasteiger partial charge in [-0.15, -0.1) is 0 Å². The summed E-state index contributed by atoms with van der Waals surface area (Å²) in [5.41, 5.74) is 0. The van der Waals surface area contributed by atoms with E-state index in [1.54, 1.807) is 6.08 Å². The number of rotatable bonds is 45. The molecule has 3 fully saturated rings. The molecular formula is C61H109NO18. The van der Waals surface area contributed by atoms with Crippen molar-refractivity contribution in [1.29, 1.82) is 0 Å². The van der Waals surface area contributed by atoms with Gasteiger partial charge in [0.2, 0.25) is 5.91 Å². The number of unbranched alkanes of at least 4 members (excludes halogenated alkanes) is 23. The number of carbonyl (C=O) groups excluding carboxylic acids is 1. The predicted molar refractivity (Wildman–Crippen MR) is 305 cm³/mol. The quantitative estimate of drug-likeness (QED) is 0.0250. The molecule has 17 unspecified atom stereocenters. The molecule has 19 heteroatoms. The molecule has 80 heavy (non-hydrogen) atoms. The molecule has 12 N–H and O–H groups in total. The summed E-state index contributed by atoms with van der Waals surface area (Å²) in [6, 6.07) is -1.00. The van der Waals surface area contributed by atoms with Crippen LogP contribution in [0.25, 0.3) is 0 Å². The summed E-state index contributed by atoms with van der Waals surface area (Å²) in [5, 5.41) is 120. The SMILES string of the molecule is CCCCCCCCC/C=C\CCCCCCCC(=O)NC(COC1OC(CO)C(OC2OC(CO)C(OC3OC(CO)C(O)C(O)C3O)C(O)C2O)C(O)C1O)C(O)/C=C/CC/C=C/CC/C=C/CCCCCCCCCCC. The fourth-order valence-electron chi connectivity index (χ4n) is 10.2. The molecule has 3 aliphatic rings. The third kappa shape index (κ3) is 27.6. The maximum atomic E-state index is 13.3. The first-order valence-electron chi connectivity index (χ1n) is 30.9. The van der Waals surface area contributed by atoms with Crippen LogP contribution in [-0.2, 0) is 33.2 Å². The Morgan fingerprint density at radius 1 is 0.438 bits per heavy atom. The fraction of sp³-hybridized carbons (Fsp3) is 0.852. The first-order valence-corrected chi connectivity index (χ1v) is 30.9. The number of aliphatic hydroxyl groups excluding tert-OH is 11. The normalized spacial score (nSPS) is 30.3. The molecule has 0 saturated carbocycles. The number of allylic oxidation sites excluding steroid dienone is 7. The highest BCUT2D eigenvalue weighted by atomic mass is 16.8. The van der Waals surface area contributed by atoms with Gasteiger partial charge in [-0.1, -0.05) is 172 Å². The van der Waals surface area contributed by atoms with E-state index >= 15 is 0 Å². The predicted octanol–water partition coefficient (Wildman–Crippen LogP) is 5.87. The monoisotopic (exact) mass is 1140 g/mol. The Balaban J connectivity index is 1.52. The van der Waals surface area contributed by atoms with Crippen molar-refractivity contribution in [2.75, 3.05) is 26.4 Å². The van der Waals surface area contributed by atoms with Gasteiger partial charge in [0.15, 0.2) is 18.9 Å². The largest absolute Gasteiger partial charge is 0.394 e. The van der Waals surface area contributed by atoms with Gasteiger partial charge in [-0.2, -0.15) is 0 Å². The van der Waals surface area contributed by atoms with Crippen LogP contribution in [-0.4, -0.2) is 193 Å². The van der Waals surface area contributed by atoms with Crippen LogP contribution in [0.15, 0.2) is 48.6 Å². The summed E-state index contributed by atoms with van der Waals surface area (Å²) >= 11 is 0. The first-order chi connectivity index (χ1) is 38.8. The van der Waals surface area contributed by atoms with Gasteiger partial charge in [0.25, 0.3) is 0 Å². The maximum Gasteiger partial charge on any atom is 0.220 e. The van der Waals surface area contributed by atoms with Crippen molar-refractivity contribution in [2.45, 2.75) is 304 Å². The Hall–Kier alpha value is -2.25. The van der Waals surface area contributed by atoms with Crippen molar-refractivity contribution in [3.8, 4) is 0 Å².